The monoisotopic (exact) mass is 416 g/mol. The standard InChI is InChI=1S/C21H28N4O3S/c1-14-11-15(2)25(23-14)13-21(26)22-20-10-8-16-7-9-18(12-19(16)20)29(27,28)24-17-5-3-4-6-17/h7,9,11-12,17,20,24H,3-6,8,10,13H2,1-2H3,(H,22,26)/t20-/m0/s1. The molecule has 156 valence electrons. The van der Waals surface area contributed by atoms with E-state index in [2.05, 4.69) is 15.1 Å². The molecule has 4 rings (SSSR count). The third-order valence-corrected chi connectivity index (χ3v) is 7.43. The van der Waals surface area contributed by atoms with Crippen LogP contribution in [0.15, 0.2) is 29.2 Å². The van der Waals surface area contributed by atoms with E-state index in [1.807, 2.05) is 26.0 Å². The van der Waals surface area contributed by atoms with Crippen LogP contribution in [0.3, 0.4) is 0 Å². The maximum absolute atomic E-state index is 12.8. The Hall–Kier alpha value is -2.19. The van der Waals surface area contributed by atoms with Crippen LogP contribution >= 0.6 is 0 Å². The molecule has 8 heteroatoms. The minimum absolute atomic E-state index is 0.0320. The van der Waals surface area contributed by atoms with Gasteiger partial charge in [0, 0.05) is 11.7 Å². The van der Waals surface area contributed by atoms with E-state index in [0.29, 0.717) is 0 Å². The number of hydrogen-bond donors (Lipinski definition) is 2. The summed E-state index contributed by atoms with van der Waals surface area (Å²) in [5.41, 5.74) is 3.82. The van der Waals surface area contributed by atoms with Gasteiger partial charge in [-0.1, -0.05) is 18.9 Å². The zero-order valence-corrected chi connectivity index (χ0v) is 17.8. The van der Waals surface area contributed by atoms with Crippen molar-refractivity contribution in [1.82, 2.24) is 19.8 Å². The summed E-state index contributed by atoms with van der Waals surface area (Å²) in [5.74, 6) is -0.119. The van der Waals surface area contributed by atoms with Gasteiger partial charge in [-0.2, -0.15) is 5.10 Å². The molecule has 1 saturated carbocycles. The van der Waals surface area contributed by atoms with Crippen LogP contribution in [0.1, 0.15) is 60.7 Å². The van der Waals surface area contributed by atoms with Gasteiger partial charge in [0.15, 0.2) is 0 Å². The first-order chi connectivity index (χ1) is 13.8. The van der Waals surface area contributed by atoms with Crippen molar-refractivity contribution in [2.45, 2.75) is 75.9 Å². The van der Waals surface area contributed by atoms with Gasteiger partial charge in [0.05, 0.1) is 16.6 Å². The SMILES string of the molecule is Cc1cc(C)n(CC(=O)N[C@H]2CCc3ccc(S(=O)(=O)NC4CCCC4)cc32)n1. The third kappa shape index (κ3) is 4.38. The zero-order chi connectivity index (χ0) is 20.6. The molecule has 1 amide bonds. The topological polar surface area (TPSA) is 93.1 Å². The largest absolute Gasteiger partial charge is 0.348 e. The molecule has 2 aliphatic carbocycles. The van der Waals surface area contributed by atoms with Gasteiger partial charge in [-0.25, -0.2) is 13.1 Å². The summed E-state index contributed by atoms with van der Waals surface area (Å²) in [6, 6.07) is 7.09. The number of carbonyl (C=O) groups excluding carboxylic acids is 1. The molecule has 0 spiro atoms. The number of sulfonamides is 1. The molecule has 2 aliphatic rings. The normalized spacial score (nSPS) is 19.4. The molecule has 1 aromatic carbocycles. The van der Waals surface area contributed by atoms with Gasteiger partial charge < -0.3 is 5.32 Å². The number of carbonyl (C=O) groups is 1. The lowest BCUT2D eigenvalue weighted by Crippen LogP contribution is -2.33. The highest BCUT2D eigenvalue weighted by Crippen LogP contribution is 2.33. The summed E-state index contributed by atoms with van der Waals surface area (Å²) < 4.78 is 30.1. The van der Waals surface area contributed by atoms with E-state index >= 15 is 0 Å². The number of rotatable bonds is 6. The molecule has 1 atom stereocenters. The molecule has 2 N–H and O–H groups in total. The van der Waals surface area contributed by atoms with Crippen LogP contribution in [0.5, 0.6) is 0 Å². The van der Waals surface area contributed by atoms with Gasteiger partial charge in [-0.05, 0) is 68.9 Å². The maximum Gasteiger partial charge on any atom is 0.242 e. The zero-order valence-electron chi connectivity index (χ0n) is 16.9. The van der Waals surface area contributed by atoms with E-state index in [9.17, 15) is 13.2 Å². The molecule has 0 saturated heterocycles. The van der Waals surface area contributed by atoms with Crippen molar-refractivity contribution >= 4 is 15.9 Å². The molecule has 0 bridgehead atoms. The molecule has 0 aliphatic heterocycles. The summed E-state index contributed by atoms with van der Waals surface area (Å²) in [6.45, 7) is 3.98. The molecule has 29 heavy (non-hydrogen) atoms. The Labute approximate surface area is 171 Å². The Bertz CT molecular complexity index is 1020. The lowest BCUT2D eigenvalue weighted by atomic mass is 10.1. The smallest absolute Gasteiger partial charge is 0.242 e. The second kappa shape index (κ2) is 7.91. The molecular weight excluding hydrogens is 388 g/mol. The van der Waals surface area contributed by atoms with Crippen molar-refractivity contribution in [1.29, 1.82) is 0 Å². The van der Waals surface area contributed by atoms with Crippen LogP contribution in [0.2, 0.25) is 0 Å². The predicted octanol–water partition coefficient (Wildman–Crippen LogP) is 2.52. The highest BCUT2D eigenvalue weighted by Gasteiger charge is 2.28. The second-order valence-electron chi connectivity index (χ2n) is 8.21. The van der Waals surface area contributed by atoms with E-state index in [4.69, 9.17) is 0 Å². The number of fused-ring (bicyclic) bond motifs is 1. The first-order valence-electron chi connectivity index (χ1n) is 10.3. The quantitative estimate of drug-likeness (QED) is 0.757. The van der Waals surface area contributed by atoms with Crippen LogP contribution in [-0.4, -0.2) is 30.1 Å². The highest BCUT2D eigenvalue weighted by atomic mass is 32.2. The summed E-state index contributed by atoms with van der Waals surface area (Å²) in [4.78, 5) is 12.8. The second-order valence-corrected chi connectivity index (χ2v) is 9.92. The van der Waals surface area contributed by atoms with Crippen LogP contribution < -0.4 is 10.0 Å². The molecule has 0 radical (unpaired) electrons. The molecular formula is C21H28N4O3S. The number of aromatic nitrogens is 2. The van der Waals surface area contributed by atoms with Gasteiger partial charge in [0.2, 0.25) is 15.9 Å². The van der Waals surface area contributed by atoms with Gasteiger partial charge >= 0.3 is 0 Å². The fraction of sp³-hybridized carbons (Fsp3) is 0.524. The minimum atomic E-state index is -3.55. The van der Waals surface area contributed by atoms with Gasteiger partial charge in [0.1, 0.15) is 6.54 Å². The Balaban J connectivity index is 1.48. The predicted molar refractivity (Wildman–Crippen MR) is 110 cm³/mol. The minimum Gasteiger partial charge on any atom is -0.348 e. The summed E-state index contributed by atoms with van der Waals surface area (Å²) in [7, 11) is -3.55. The Morgan fingerprint density at radius 3 is 2.62 bits per heavy atom. The number of benzene rings is 1. The van der Waals surface area contributed by atoms with E-state index < -0.39 is 10.0 Å². The third-order valence-electron chi connectivity index (χ3n) is 5.91. The molecule has 1 fully saturated rings. The van der Waals surface area contributed by atoms with Gasteiger partial charge in [-0.3, -0.25) is 9.48 Å². The summed E-state index contributed by atoms with van der Waals surface area (Å²) in [6.07, 6.45) is 5.54. The Morgan fingerprint density at radius 1 is 1.17 bits per heavy atom. The van der Waals surface area contributed by atoms with E-state index in [-0.39, 0.29) is 29.4 Å². The van der Waals surface area contributed by atoms with E-state index in [1.165, 1.54) is 0 Å². The van der Waals surface area contributed by atoms with Gasteiger partial charge in [0.25, 0.3) is 0 Å². The molecule has 7 nitrogen and oxygen atoms in total. The lowest BCUT2D eigenvalue weighted by Gasteiger charge is -2.17. The van der Waals surface area contributed by atoms with Crippen molar-refractivity contribution in [2.24, 2.45) is 0 Å². The first kappa shape index (κ1) is 20.1. The summed E-state index contributed by atoms with van der Waals surface area (Å²) >= 11 is 0. The number of nitrogens with one attached hydrogen (secondary N) is 2. The average molecular weight is 417 g/mol. The number of nitrogens with zero attached hydrogens (tertiary/aromatic N) is 2. The molecule has 2 aromatic rings. The fourth-order valence-corrected chi connectivity index (χ4v) is 5.78. The van der Waals surface area contributed by atoms with Crippen molar-refractivity contribution < 1.29 is 13.2 Å². The number of amides is 1. The van der Waals surface area contributed by atoms with Crippen molar-refractivity contribution in [3.63, 3.8) is 0 Å². The number of aryl methyl sites for hydroxylation is 3. The lowest BCUT2D eigenvalue weighted by molar-refractivity contribution is -0.122. The Morgan fingerprint density at radius 2 is 1.93 bits per heavy atom. The number of hydrogen-bond acceptors (Lipinski definition) is 4. The molecule has 0 unspecified atom stereocenters. The average Bonchev–Trinajstić information content (AvgIpc) is 3.37. The van der Waals surface area contributed by atoms with Crippen molar-refractivity contribution in [3.8, 4) is 0 Å². The van der Waals surface area contributed by atoms with Crippen LogP contribution in [0.25, 0.3) is 0 Å². The van der Waals surface area contributed by atoms with Crippen LogP contribution in [0, 0.1) is 13.8 Å². The van der Waals surface area contributed by atoms with E-state index in [0.717, 1.165) is 61.0 Å². The van der Waals surface area contributed by atoms with Crippen molar-refractivity contribution in [3.05, 3.63) is 46.8 Å². The molecule has 1 heterocycles. The van der Waals surface area contributed by atoms with E-state index in [1.54, 1.807) is 16.8 Å². The van der Waals surface area contributed by atoms with Crippen LogP contribution in [0.4, 0.5) is 0 Å². The van der Waals surface area contributed by atoms with Gasteiger partial charge in [-0.15, -0.1) is 0 Å². The van der Waals surface area contributed by atoms with Crippen molar-refractivity contribution in [2.75, 3.05) is 0 Å². The maximum atomic E-state index is 12.8. The summed E-state index contributed by atoms with van der Waals surface area (Å²) in [5, 5.41) is 7.39. The molecule has 1 aromatic heterocycles. The fourth-order valence-electron chi connectivity index (χ4n) is 4.44. The first-order valence-corrected chi connectivity index (χ1v) is 11.8. The highest BCUT2D eigenvalue weighted by molar-refractivity contribution is 7.89. The van der Waals surface area contributed by atoms with Crippen LogP contribution in [-0.2, 0) is 27.8 Å². The Kier molecular flexibility index (Phi) is 5.48.